The van der Waals surface area contributed by atoms with Crippen molar-refractivity contribution in [3.05, 3.63) is 36.1 Å². The monoisotopic (exact) mass is 399 g/mol. The third-order valence-corrected chi connectivity index (χ3v) is 4.58. The molecule has 0 radical (unpaired) electrons. The van der Waals surface area contributed by atoms with Gasteiger partial charge >= 0.3 is 12.2 Å². The van der Waals surface area contributed by atoms with Crippen molar-refractivity contribution < 1.29 is 27.1 Å². The third-order valence-electron chi connectivity index (χ3n) is 4.58. The van der Waals surface area contributed by atoms with Gasteiger partial charge in [0.15, 0.2) is 0 Å². The van der Waals surface area contributed by atoms with Crippen molar-refractivity contribution >= 4 is 17.0 Å². The van der Waals surface area contributed by atoms with Gasteiger partial charge in [-0.2, -0.15) is 13.2 Å². The maximum atomic E-state index is 12.3. The normalized spacial score (nSPS) is 15.9. The number of hydrogen-bond acceptors (Lipinski definition) is 4. The Hall–Kier alpha value is -2.26. The Morgan fingerprint density at radius 3 is 2.64 bits per heavy atom. The summed E-state index contributed by atoms with van der Waals surface area (Å²) < 4.78 is 46.3. The van der Waals surface area contributed by atoms with E-state index >= 15 is 0 Å². The lowest BCUT2D eigenvalue weighted by Crippen LogP contribution is -2.51. The molecule has 3 rings (SSSR count). The quantitative estimate of drug-likeness (QED) is 0.727. The lowest BCUT2D eigenvalue weighted by molar-refractivity contribution is -0.174. The molecule has 1 saturated heterocycles. The Morgan fingerprint density at radius 1 is 1.18 bits per heavy atom. The smallest absolute Gasteiger partial charge is 0.411 e. The highest BCUT2D eigenvalue weighted by Crippen LogP contribution is 2.18. The largest absolute Gasteiger partial charge is 0.459 e. The zero-order valence-electron chi connectivity index (χ0n) is 15.5. The summed E-state index contributed by atoms with van der Waals surface area (Å²) in [6.45, 7) is 2.40. The molecule has 2 amide bonds. The van der Waals surface area contributed by atoms with E-state index in [4.69, 9.17) is 4.42 Å². The predicted octanol–water partition coefficient (Wildman–Crippen LogP) is 3.23. The van der Waals surface area contributed by atoms with Crippen molar-refractivity contribution in [2.45, 2.75) is 19.1 Å². The van der Waals surface area contributed by atoms with Crippen LogP contribution in [0, 0.1) is 0 Å². The van der Waals surface area contributed by atoms with Crippen LogP contribution in [0.3, 0.4) is 0 Å². The number of alkyl halides is 3. The van der Waals surface area contributed by atoms with Gasteiger partial charge in [-0.15, -0.1) is 0 Å². The van der Waals surface area contributed by atoms with Gasteiger partial charge in [0.1, 0.15) is 18.0 Å². The van der Waals surface area contributed by atoms with Crippen LogP contribution in [0.2, 0.25) is 0 Å². The number of furan rings is 1. The molecule has 154 valence electrons. The Labute approximate surface area is 161 Å². The number of para-hydroxylation sites is 1. The van der Waals surface area contributed by atoms with Crippen molar-refractivity contribution in [3.8, 4) is 0 Å². The molecule has 0 unspecified atom stereocenters. The zero-order chi connectivity index (χ0) is 20.0. The Balaban J connectivity index is 1.32. The number of nitrogens with zero attached hydrogens (tertiary/aromatic N) is 2. The molecule has 1 aromatic heterocycles. The van der Waals surface area contributed by atoms with Crippen molar-refractivity contribution in [1.29, 1.82) is 0 Å². The molecule has 6 nitrogen and oxygen atoms in total. The Bertz CT molecular complexity index is 737. The van der Waals surface area contributed by atoms with Crippen molar-refractivity contribution in [1.82, 2.24) is 15.1 Å². The first-order chi connectivity index (χ1) is 13.4. The van der Waals surface area contributed by atoms with E-state index in [2.05, 4.69) is 15.0 Å². The molecule has 9 heteroatoms. The van der Waals surface area contributed by atoms with E-state index in [1.54, 1.807) is 4.90 Å². The van der Waals surface area contributed by atoms with Crippen molar-refractivity contribution in [2.24, 2.45) is 0 Å². The first-order valence-corrected chi connectivity index (χ1v) is 9.28. The number of urea groups is 1. The number of benzene rings is 1. The summed E-state index contributed by atoms with van der Waals surface area (Å²) in [5.74, 6) is 0.701. The molecule has 0 atom stereocenters. The minimum Gasteiger partial charge on any atom is -0.459 e. The number of rotatable bonds is 7. The van der Waals surface area contributed by atoms with Crippen LogP contribution >= 0.6 is 0 Å². The van der Waals surface area contributed by atoms with E-state index in [-0.39, 0.29) is 12.6 Å². The number of piperazine rings is 1. The first kappa shape index (κ1) is 20.5. The average Bonchev–Trinajstić information content (AvgIpc) is 3.08. The Morgan fingerprint density at radius 2 is 1.93 bits per heavy atom. The van der Waals surface area contributed by atoms with Gasteiger partial charge in [-0.1, -0.05) is 18.2 Å². The minimum absolute atomic E-state index is 0.0811. The van der Waals surface area contributed by atoms with Crippen LogP contribution < -0.4 is 5.32 Å². The fraction of sp³-hybridized carbons (Fsp3) is 0.526. The van der Waals surface area contributed by atoms with E-state index in [1.165, 1.54) is 0 Å². The number of fused-ring (bicyclic) bond motifs is 1. The first-order valence-electron chi connectivity index (χ1n) is 9.28. The molecule has 0 bridgehead atoms. The van der Waals surface area contributed by atoms with Gasteiger partial charge in [0.2, 0.25) is 0 Å². The zero-order valence-corrected chi connectivity index (χ0v) is 15.5. The van der Waals surface area contributed by atoms with E-state index in [9.17, 15) is 18.0 Å². The number of halogens is 3. The molecular weight excluding hydrogens is 375 g/mol. The van der Waals surface area contributed by atoms with Crippen LogP contribution in [-0.2, 0) is 11.3 Å². The van der Waals surface area contributed by atoms with E-state index < -0.39 is 12.8 Å². The fourth-order valence-electron chi connectivity index (χ4n) is 3.15. The van der Waals surface area contributed by atoms with Crippen LogP contribution in [-0.4, -0.2) is 67.9 Å². The second kappa shape index (κ2) is 9.29. The number of amides is 2. The molecule has 2 heterocycles. The lowest BCUT2D eigenvalue weighted by Gasteiger charge is -2.34. The molecule has 1 aliphatic heterocycles. The summed E-state index contributed by atoms with van der Waals surface area (Å²) in [7, 11) is 0. The maximum Gasteiger partial charge on any atom is 0.411 e. The van der Waals surface area contributed by atoms with Crippen LogP contribution in [0.25, 0.3) is 11.0 Å². The van der Waals surface area contributed by atoms with Crippen LogP contribution in [0.4, 0.5) is 18.0 Å². The minimum atomic E-state index is -4.28. The molecule has 1 fully saturated rings. The number of ether oxygens (including phenoxy) is 1. The SMILES string of the molecule is O=C(NCc1cc2ccccc2o1)N1CCN(CCCOCC(F)(F)F)CC1. The van der Waals surface area contributed by atoms with Gasteiger partial charge in [0.25, 0.3) is 0 Å². The fourth-order valence-corrected chi connectivity index (χ4v) is 3.15. The number of carbonyl (C=O) groups excluding carboxylic acids is 1. The van der Waals surface area contributed by atoms with Crippen LogP contribution in [0.15, 0.2) is 34.7 Å². The molecule has 0 aliphatic carbocycles. The van der Waals surface area contributed by atoms with Gasteiger partial charge < -0.3 is 19.4 Å². The number of carbonyl (C=O) groups is 1. The van der Waals surface area contributed by atoms with Crippen molar-refractivity contribution in [2.75, 3.05) is 45.9 Å². The van der Waals surface area contributed by atoms with Gasteiger partial charge in [-0.05, 0) is 18.6 Å². The molecule has 2 aromatic rings. The van der Waals surface area contributed by atoms with E-state index in [0.29, 0.717) is 51.4 Å². The molecule has 1 aliphatic rings. The second-order valence-corrected chi connectivity index (χ2v) is 6.76. The van der Waals surface area contributed by atoms with Gasteiger partial charge in [-0.25, -0.2) is 4.79 Å². The molecule has 28 heavy (non-hydrogen) atoms. The third kappa shape index (κ3) is 6.13. The molecular formula is C19H24F3N3O3. The summed E-state index contributed by atoms with van der Waals surface area (Å²) in [4.78, 5) is 16.2. The lowest BCUT2D eigenvalue weighted by atomic mass is 10.2. The average molecular weight is 399 g/mol. The number of hydrogen-bond donors (Lipinski definition) is 1. The van der Waals surface area contributed by atoms with Gasteiger partial charge in [0.05, 0.1) is 6.54 Å². The van der Waals surface area contributed by atoms with Crippen LogP contribution in [0.5, 0.6) is 0 Å². The molecule has 0 saturated carbocycles. The summed E-state index contributed by atoms with van der Waals surface area (Å²) in [6.07, 6.45) is -3.74. The highest BCUT2D eigenvalue weighted by atomic mass is 19.4. The standard InChI is InChI=1S/C19H24F3N3O3/c20-19(21,22)14-27-11-3-6-24-7-9-25(10-8-24)18(26)23-13-16-12-15-4-1-2-5-17(15)28-16/h1-2,4-5,12H,3,6-11,13-14H2,(H,23,26). The number of nitrogens with one attached hydrogen (secondary N) is 1. The molecule has 0 spiro atoms. The Kier molecular flexibility index (Phi) is 6.79. The highest BCUT2D eigenvalue weighted by Gasteiger charge is 2.27. The van der Waals surface area contributed by atoms with E-state index in [0.717, 1.165) is 11.0 Å². The summed E-state index contributed by atoms with van der Waals surface area (Å²) >= 11 is 0. The van der Waals surface area contributed by atoms with Gasteiger partial charge in [0, 0.05) is 44.7 Å². The summed E-state index contributed by atoms with van der Waals surface area (Å²) in [5.41, 5.74) is 0.791. The topological polar surface area (TPSA) is 58.0 Å². The van der Waals surface area contributed by atoms with Crippen LogP contribution in [0.1, 0.15) is 12.2 Å². The van der Waals surface area contributed by atoms with Crippen molar-refractivity contribution in [3.63, 3.8) is 0 Å². The maximum absolute atomic E-state index is 12.3. The predicted molar refractivity (Wildman–Crippen MR) is 98.0 cm³/mol. The highest BCUT2D eigenvalue weighted by molar-refractivity contribution is 5.78. The van der Waals surface area contributed by atoms with E-state index in [1.807, 2.05) is 30.3 Å². The molecule has 1 N–H and O–H groups in total. The summed E-state index contributed by atoms with van der Waals surface area (Å²) in [5, 5.41) is 3.87. The van der Waals surface area contributed by atoms with Gasteiger partial charge in [-0.3, -0.25) is 4.90 Å². The summed E-state index contributed by atoms with van der Waals surface area (Å²) in [6, 6.07) is 9.44. The second-order valence-electron chi connectivity index (χ2n) is 6.76. The molecule has 1 aromatic carbocycles.